The maximum Gasteiger partial charge on any atom is 0.267 e. The zero-order valence-corrected chi connectivity index (χ0v) is 13.4. The van der Waals surface area contributed by atoms with E-state index in [0.717, 1.165) is 27.8 Å². The first-order chi connectivity index (χ1) is 9.25. The minimum atomic E-state index is -4.04. The van der Waals surface area contributed by atoms with Gasteiger partial charge in [-0.2, -0.15) is 0 Å². The predicted octanol–water partition coefficient (Wildman–Crippen LogP) is 3.12. The molecule has 108 valence electrons. The molecule has 0 saturated heterocycles. The fourth-order valence-corrected chi connectivity index (χ4v) is 4.09. The fourth-order valence-electron chi connectivity index (χ4n) is 1.37. The molecule has 2 rings (SSSR count). The minimum Gasteiger partial charge on any atom is -0.243 e. The molecule has 10 heteroatoms. The number of anilines is 1. The van der Waals surface area contributed by atoms with Crippen molar-refractivity contribution in [2.75, 3.05) is 11.4 Å². The number of hydrogen-bond acceptors (Lipinski definition) is 5. The summed E-state index contributed by atoms with van der Waals surface area (Å²) in [5.41, 5.74) is 0. The highest BCUT2D eigenvalue weighted by Crippen LogP contribution is 2.33. The lowest BCUT2D eigenvalue weighted by Gasteiger charge is -2.16. The van der Waals surface area contributed by atoms with Gasteiger partial charge in [0.2, 0.25) is 5.13 Å². The average Bonchev–Trinajstić information content (AvgIpc) is 2.81. The molecule has 1 heterocycles. The number of sulfonamides is 1. The van der Waals surface area contributed by atoms with E-state index in [4.69, 9.17) is 23.2 Å². The minimum absolute atomic E-state index is 0.161. The van der Waals surface area contributed by atoms with Crippen LogP contribution in [0.25, 0.3) is 0 Å². The summed E-state index contributed by atoms with van der Waals surface area (Å²) in [6, 6.07) is 2.28. The van der Waals surface area contributed by atoms with Gasteiger partial charge in [0.05, 0.1) is 10.0 Å². The van der Waals surface area contributed by atoms with Crippen molar-refractivity contribution in [1.82, 2.24) is 10.2 Å². The summed E-state index contributed by atoms with van der Waals surface area (Å²) in [5.74, 6) is -0.976. The Morgan fingerprint density at radius 3 is 2.50 bits per heavy atom. The highest BCUT2D eigenvalue weighted by Gasteiger charge is 2.28. The molecule has 20 heavy (non-hydrogen) atoms. The Kier molecular flexibility index (Phi) is 4.19. The van der Waals surface area contributed by atoms with E-state index in [0.29, 0.717) is 5.01 Å². The third-order valence-corrected chi connectivity index (χ3v) is 6.02. The molecule has 0 unspecified atom stereocenters. The van der Waals surface area contributed by atoms with Crippen molar-refractivity contribution in [1.29, 1.82) is 0 Å². The van der Waals surface area contributed by atoms with E-state index in [1.807, 2.05) is 0 Å². The monoisotopic (exact) mass is 355 g/mol. The van der Waals surface area contributed by atoms with Gasteiger partial charge in [0.1, 0.15) is 9.90 Å². The predicted molar refractivity (Wildman–Crippen MR) is 76.7 cm³/mol. The highest BCUT2D eigenvalue weighted by molar-refractivity contribution is 7.93. The van der Waals surface area contributed by atoms with E-state index in [-0.39, 0.29) is 15.0 Å². The topological polar surface area (TPSA) is 63.2 Å². The molecule has 1 aromatic carbocycles. The Morgan fingerprint density at radius 1 is 1.30 bits per heavy atom. The number of benzene rings is 1. The quantitative estimate of drug-likeness (QED) is 0.793. The van der Waals surface area contributed by atoms with Crippen LogP contribution in [0.3, 0.4) is 0 Å². The van der Waals surface area contributed by atoms with Crippen LogP contribution in [-0.2, 0) is 10.0 Å². The van der Waals surface area contributed by atoms with Crippen molar-refractivity contribution in [2.24, 2.45) is 0 Å². The van der Waals surface area contributed by atoms with Crippen LogP contribution in [-0.4, -0.2) is 25.7 Å². The first-order valence-corrected chi connectivity index (χ1v) is 8.19. The Hall–Kier alpha value is -0.960. The third kappa shape index (κ3) is 2.60. The second kappa shape index (κ2) is 5.44. The molecule has 0 aliphatic rings. The zero-order chi connectivity index (χ0) is 15.1. The summed E-state index contributed by atoms with van der Waals surface area (Å²) in [6.45, 7) is 1.69. The smallest absolute Gasteiger partial charge is 0.243 e. The van der Waals surface area contributed by atoms with Crippen molar-refractivity contribution >= 4 is 49.7 Å². The van der Waals surface area contributed by atoms with Crippen LogP contribution < -0.4 is 4.31 Å². The first-order valence-electron chi connectivity index (χ1n) is 5.17. The highest BCUT2D eigenvalue weighted by atomic mass is 35.5. The van der Waals surface area contributed by atoms with Crippen LogP contribution in [0.15, 0.2) is 17.0 Å². The lowest BCUT2D eigenvalue weighted by molar-refractivity contribution is 0.589. The van der Waals surface area contributed by atoms with Gasteiger partial charge in [-0.25, -0.2) is 17.1 Å². The van der Waals surface area contributed by atoms with Gasteiger partial charge in [-0.05, 0) is 19.1 Å². The summed E-state index contributed by atoms with van der Waals surface area (Å²) in [7, 11) is -2.75. The molecule has 0 bridgehead atoms. The molecule has 1 aromatic heterocycles. The van der Waals surface area contributed by atoms with Gasteiger partial charge in [0.15, 0.2) is 5.82 Å². The average molecular weight is 356 g/mol. The van der Waals surface area contributed by atoms with Crippen LogP contribution >= 0.6 is 34.5 Å². The van der Waals surface area contributed by atoms with Gasteiger partial charge in [-0.15, -0.1) is 10.2 Å². The van der Waals surface area contributed by atoms with Gasteiger partial charge < -0.3 is 0 Å². The standard InChI is InChI=1S/C10H8Cl2FN3O2S2/c1-5-14-15-10(19-5)16(2)20(17,18)7-4-3-6(11)9(13)8(7)12/h3-4H,1-2H3. The Labute approximate surface area is 129 Å². The molecule has 5 nitrogen and oxygen atoms in total. The van der Waals surface area contributed by atoms with E-state index in [9.17, 15) is 12.8 Å². The Morgan fingerprint density at radius 2 is 1.95 bits per heavy atom. The molecule has 0 aliphatic heterocycles. The molecular formula is C10H8Cl2FN3O2S2. The molecule has 0 N–H and O–H groups in total. The Bertz CT molecular complexity index is 764. The van der Waals surface area contributed by atoms with Crippen molar-refractivity contribution in [2.45, 2.75) is 11.8 Å². The molecule has 0 radical (unpaired) electrons. The fraction of sp³-hybridized carbons (Fsp3) is 0.200. The van der Waals surface area contributed by atoms with E-state index in [1.54, 1.807) is 6.92 Å². The van der Waals surface area contributed by atoms with Crippen LogP contribution in [0.1, 0.15) is 5.01 Å². The number of hydrogen-bond donors (Lipinski definition) is 0. The summed E-state index contributed by atoms with van der Waals surface area (Å²) >= 11 is 12.4. The molecule has 2 aromatic rings. The summed E-state index contributed by atoms with van der Waals surface area (Å²) in [5, 5.41) is 7.43. The van der Waals surface area contributed by atoms with Gasteiger partial charge >= 0.3 is 0 Å². The lowest BCUT2D eigenvalue weighted by Crippen LogP contribution is -2.27. The zero-order valence-electron chi connectivity index (χ0n) is 10.3. The van der Waals surface area contributed by atoms with E-state index in [1.165, 1.54) is 7.05 Å². The van der Waals surface area contributed by atoms with Gasteiger partial charge in [-0.3, -0.25) is 0 Å². The number of aryl methyl sites for hydroxylation is 1. The molecular weight excluding hydrogens is 348 g/mol. The van der Waals surface area contributed by atoms with E-state index in [2.05, 4.69) is 10.2 Å². The number of halogens is 3. The van der Waals surface area contributed by atoms with Crippen LogP contribution in [0, 0.1) is 12.7 Å². The molecule has 0 saturated carbocycles. The van der Waals surface area contributed by atoms with E-state index >= 15 is 0 Å². The second-order valence-electron chi connectivity index (χ2n) is 3.75. The first kappa shape index (κ1) is 15.4. The second-order valence-corrected chi connectivity index (χ2v) is 7.63. The largest absolute Gasteiger partial charge is 0.267 e. The summed E-state index contributed by atoms with van der Waals surface area (Å²) in [6.07, 6.45) is 0. The molecule has 0 fully saturated rings. The van der Waals surface area contributed by atoms with Gasteiger partial charge in [0, 0.05) is 7.05 Å². The van der Waals surface area contributed by atoms with Crippen molar-refractivity contribution in [3.05, 3.63) is 33.0 Å². The van der Waals surface area contributed by atoms with Crippen LogP contribution in [0.5, 0.6) is 0 Å². The maximum absolute atomic E-state index is 13.6. The Balaban J connectivity index is 2.53. The van der Waals surface area contributed by atoms with Gasteiger partial charge in [-0.1, -0.05) is 34.5 Å². The number of nitrogens with zero attached hydrogens (tertiary/aromatic N) is 3. The van der Waals surface area contributed by atoms with Crippen LogP contribution in [0.2, 0.25) is 10.0 Å². The summed E-state index contributed by atoms with van der Waals surface area (Å²) < 4.78 is 39.3. The molecule has 0 atom stereocenters. The number of aromatic nitrogens is 2. The van der Waals surface area contributed by atoms with Crippen LogP contribution in [0.4, 0.5) is 9.52 Å². The summed E-state index contributed by atoms with van der Waals surface area (Å²) in [4.78, 5) is -0.378. The van der Waals surface area contributed by atoms with Gasteiger partial charge in [0.25, 0.3) is 10.0 Å². The normalized spacial score (nSPS) is 11.7. The maximum atomic E-state index is 13.6. The number of rotatable bonds is 3. The SMILES string of the molecule is Cc1nnc(N(C)S(=O)(=O)c2ccc(Cl)c(F)c2Cl)s1. The molecule has 0 spiro atoms. The van der Waals surface area contributed by atoms with Crippen molar-refractivity contribution < 1.29 is 12.8 Å². The lowest BCUT2D eigenvalue weighted by atomic mass is 10.3. The van der Waals surface area contributed by atoms with E-state index < -0.39 is 20.9 Å². The molecule has 0 amide bonds. The van der Waals surface area contributed by atoms with Crippen molar-refractivity contribution in [3.63, 3.8) is 0 Å². The third-order valence-electron chi connectivity index (χ3n) is 2.42. The van der Waals surface area contributed by atoms with Crippen molar-refractivity contribution in [3.8, 4) is 0 Å². The molecule has 0 aliphatic carbocycles.